The van der Waals surface area contributed by atoms with Crippen LogP contribution in [-0.2, 0) is 14.3 Å². The standard InChI is InChI=1S/C15H26N2O5/c1-9(2)15(6,12(19)20)17-8-7-10(11(17)18)16-13(21)22-14(3,4)5/h9-10H,7-8H2,1-6H3,(H,16,21)(H,19,20)/t10-,15-/m0/s1. The van der Waals surface area contributed by atoms with Crippen LogP contribution in [-0.4, -0.2) is 51.7 Å². The van der Waals surface area contributed by atoms with Crippen molar-refractivity contribution in [3.8, 4) is 0 Å². The Balaban J connectivity index is 2.82. The molecule has 1 rings (SSSR count). The predicted octanol–water partition coefficient (Wildman–Crippen LogP) is 1.61. The van der Waals surface area contributed by atoms with Gasteiger partial charge in [-0.15, -0.1) is 0 Å². The first-order valence-corrected chi connectivity index (χ1v) is 7.44. The molecule has 22 heavy (non-hydrogen) atoms. The van der Waals surface area contributed by atoms with Crippen molar-refractivity contribution in [1.29, 1.82) is 0 Å². The number of likely N-dealkylation sites (tertiary alicyclic amines) is 1. The first kappa shape index (κ1) is 18.3. The molecule has 7 nitrogen and oxygen atoms in total. The van der Waals surface area contributed by atoms with Crippen molar-refractivity contribution in [2.75, 3.05) is 6.54 Å². The van der Waals surface area contributed by atoms with Crippen molar-refractivity contribution in [1.82, 2.24) is 10.2 Å². The minimum absolute atomic E-state index is 0.255. The van der Waals surface area contributed by atoms with Crippen LogP contribution in [0.3, 0.4) is 0 Å². The van der Waals surface area contributed by atoms with Crippen molar-refractivity contribution in [3.63, 3.8) is 0 Å². The van der Waals surface area contributed by atoms with Gasteiger partial charge in [-0.3, -0.25) is 4.79 Å². The van der Waals surface area contributed by atoms with Crippen LogP contribution in [0.5, 0.6) is 0 Å². The average molecular weight is 314 g/mol. The second-order valence-electron chi connectivity index (χ2n) is 7.08. The minimum Gasteiger partial charge on any atom is -0.479 e. The highest BCUT2D eigenvalue weighted by Gasteiger charge is 2.49. The molecular formula is C15H26N2O5. The van der Waals surface area contributed by atoms with Gasteiger partial charge in [-0.2, -0.15) is 0 Å². The molecule has 2 N–H and O–H groups in total. The molecule has 0 saturated carbocycles. The Morgan fingerprint density at radius 2 is 1.86 bits per heavy atom. The van der Waals surface area contributed by atoms with Gasteiger partial charge in [-0.1, -0.05) is 13.8 Å². The fraction of sp³-hybridized carbons (Fsp3) is 0.800. The quantitative estimate of drug-likeness (QED) is 0.822. The molecule has 2 atom stereocenters. The summed E-state index contributed by atoms with van der Waals surface area (Å²) < 4.78 is 5.13. The van der Waals surface area contributed by atoms with E-state index in [1.165, 1.54) is 11.8 Å². The van der Waals surface area contributed by atoms with Crippen LogP contribution in [0.2, 0.25) is 0 Å². The summed E-state index contributed by atoms with van der Waals surface area (Å²) in [6, 6.07) is -0.743. The number of carboxylic acid groups (broad SMARTS) is 1. The average Bonchev–Trinajstić information content (AvgIpc) is 2.67. The molecule has 0 aromatic carbocycles. The van der Waals surface area contributed by atoms with Crippen LogP contribution < -0.4 is 5.32 Å². The zero-order valence-corrected chi connectivity index (χ0v) is 14.1. The number of hydrogen-bond acceptors (Lipinski definition) is 4. The number of alkyl carbamates (subject to hydrolysis) is 1. The van der Waals surface area contributed by atoms with E-state index in [0.29, 0.717) is 13.0 Å². The Hall–Kier alpha value is -1.79. The number of aliphatic carboxylic acids is 1. The van der Waals surface area contributed by atoms with Gasteiger partial charge in [0.1, 0.15) is 17.2 Å². The molecule has 1 fully saturated rings. The van der Waals surface area contributed by atoms with E-state index in [1.54, 1.807) is 34.6 Å². The van der Waals surface area contributed by atoms with Crippen molar-refractivity contribution in [2.24, 2.45) is 5.92 Å². The third kappa shape index (κ3) is 3.69. The van der Waals surface area contributed by atoms with Crippen LogP contribution >= 0.6 is 0 Å². The molecule has 1 saturated heterocycles. The van der Waals surface area contributed by atoms with E-state index in [0.717, 1.165) is 0 Å². The number of ether oxygens (including phenoxy) is 1. The lowest BCUT2D eigenvalue weighted by molar-refractivity contribution is -0.159. The van der Waals surface area contributed by atoms with Gasteiger partial charge >= 0.3 is 12.1 Å². The summed E-state index contributed by atoms with van der Waals surface area (Å²) in [6.45, 7) is 10.5. The molecule has 0 aromatic heterocycles. The van der Waals surface area contributed by atoms with E-state index in [9.17, 15) is 19.5 Å². The molecule has 0 unspecified atom stereocenters. The van der Waals surface area contributed by atoms with Crippen molar-refractivity contribution in [2.45, 2.75) is 65.1 Å². The van der Waals surface area contributed by atoms with Crippen LogP contribution in [0.25, 0.3) is 0 Å². The van der Waals surface area contributed by atoms with E-state index < -0.39 is 29.2 Å². The molecule has 7 heteroatoms. The molecule has 1 aliphatic rings. The van der Waals surface area contributed by atoms with Gasteiger partial charge in [0.15, 0.2) is 0 Å². The normalized spacial score (nSPS) is 21.7. The summed E-state index contributed by atoms with van der Waals surface area (Å²) in [5, 5.41) is 12.0. The van der Waals surface area contributed by atoms with Gasteiger partial charge in [0, 0.05) is 6.54 Å². The van der Waals surface area contributed by atoms with Crippen molar-refractivity contribution in [3.05, 3.63) is 0 Å². The van der Waals surface area contributed by atoms with Crippen LogP contribution in [0, 0.1) is 5.92 Å². The zero-order chi connectivity index (χ0) is 17.3. The molecule has 1 heterocycles. The third-order valence-corrected chi connectivity index (χ3v) is 4.01. The highest BCUT2D eigenvalue weighted by molar-refractivity contribution is 5.92. The summed E-state index contributed by atoms with van der Waals surface area (Å²) in [5.41, 5.74) is -1.94. The Bertz CT molecular complexity index is 469. The largest absolute Gasteiger partial charge is 0.479 e. The van der Waals surface area contributed by atoms with Crippen molar-refractivity contribution >= 4 is 18.0 Å². The molecule has 126 valence electrons. The monoisotopic (exact) mass is 314 g/mol. The fourth-order valence-corrected chi connectivity index (χ4v) is 2.40. The van der Waals surface area contributed by atoms with Crippen LogP contribution in [0.1, 0.15) is 48.0 Å². The summed E-state index contributed by atoms with van der Waals surface area (Å²) in [6.07, 6.45) is -0.303. The number of hydrogen-bond donors (Lipinski definition) is 2. The summed E-state index contributed by atoms with van der Waals surface area (Å²) >= 11 is 0. The number of nitrogens with one attached hydrogen (secondary N) is 1. The number of carbonyl (C=O) groups excluding carboxylic acids is 2. The van der Waals surface area contributed by atoms with Gasteiger partial charge in [0.25, 0.3) is 0 Å². The van der Waals surface area contributed by atoms with Crippen LogP contribution in [0.4, 0.5) is 4.79 Å². The van der Waals surface area contributed by atoms with Gasteiger partial charge in [-0.05, 0) is 40.0 Å². The molecule has 0 spiro atoms. The molecule has 0 aromatic rings. The smallest absolute Gasteiger partial charge is 0.408 e. The summed E-state index contributed by atoms with van der Waals surface area (Å²) in [5.74, 6) is -1.69. The first-order valence-electron chi connectivity index (χ1n) is 7.44. The molecule has 2 amide bonds. The first-order chi connectivity index (χ1) is 9.89. The lowest BCUT2D eigenvalue weighted by atomic mass is 9.87. The van der Waals surface area contributed by atoms with Crippen LogP contribution in [0.15, 0.2) is 0 Å². The van der Waals surface area contributed by atoms with E-state index in [2.05, 4.69) is 5.32 Å². The van der Waals surface area contributed by atoms with E-state index in [1.807, 2.05) is 0 Å². The lowest BCUT2D eigenvalue weighted by Crippen LogP contribution is -2.58. The zero-order valence-electron chi connectivity index (χ0n) is 14.1. The fourth-order valence-electron chi connectivity index (χ4n) is 2.40. The van der Waals surface area contributed by atoms with E-state index in [4.69, 9.17) is 4.74 Å². The van der Waals surface area contributed by atoms with Gasteiger partial charge in [0.2, 0.25) is 5.91 Å². The molecule has 0 aliphatic carbocycles. The van der Waals surface area contributed by atoms with E-state index in [-0.39, 0.29) is 11.8 Å². The number of nitrogens with zero attached hydrogens (tertiary/aromatic N) is 1. The second-order valence-corrected chi connectivity index (χ2v) is 7.08. The Labute approximate surface area is 131 Å². The molecule has 0 radical (unpaired) electrons. The number of rotatable bonds is 4. The minimum atomic E-state index is -1.29. The Morgan fingerprint density at radius 3 is 2.27 bits per heavy atom. The number of carbonyl (C=O) groups is 3. The van der Waals surface area contributed by atoms with Gasteiger partial charge in [-0.25, -0.2) is 9.59 Å². The summed E-state index contributed by atoms with van der Waals surface area (Å²) in [4.78, 5) is 37.2. The highest BCUT2D eigenvalue weighted by atomic mass is 16.6. The van der Waals surface area contributed by atoms with Crippen molar-refractivity contribution < 1.29 is 24.2 Å². The SMILES string of the molecule is CC(C)[C@@](C)(C(=O)O)N1CC[C@H](NC(=O)OC(C)(C)C)C1=O. The summed E-state index contributed by atoms with van der Waals surface area (Å²) in [7, 11) is 0. The maximum Gasteiger partial charge on any atom is 0.408 e. The second kappa shape index (κ2) is 6.14. The molecular weight excluding hydrogens is 288 g/mol. The Kier molecular flexibility index (Phi) is 5.10. The maximum atomic E-state index is 12.5. The van der Waals surface area contributed by atoms with Gasteiger partial charge in [0.05, 0.1) is 0 Å². The number of carboxylic acids is 1. The number of amides is 2. The topological polar surface area (TPSA) is 95.9 Å². The van der Waals surface area contributed by atoms with E-state index >= 15 is 0 Å². The highest BCUT2D eigenvalue weighted by Crippen LogP contribution is 2.30. The maximum absolute atomic E-state index is 12.5. The lowest BCUT2D eigenvalue weighted by Gasteiger charge is -2.38. The third-order valence-electron chi connectivity index (χ3n) is 4.01. The molecule has 0 bridgehead atoms. The molecule has 1 aliphatic heterocycles. The van der Waals surface area contributed by atoms with Gasteiger partial charge < -0.3 is 20.1 Å². The predicted molar refractivity (Wildman–Crippen MR) is 80.4 cm³/mol. The Morgan fingerprint density at radius 1 is 1.32 bits per heavy atom.